The molecule has 36 heavy (non-hydrogen) atoms. The van der Waals surface area contributed by atoms with Gasteiger partial charge in [-0.25, -0.2) is 9.97 Å². The van der Waals surface area contributed by atoms with Gasteiger partial charge in [0.15, 0.2) is 5.82 Å². The van der Waals surface area contributed by atoms with Crippen molar-refractivity contribution < 1.29 is 4.74 Å². The van der Waals surface area contributed by atoms with Crippen molar-refractivity contribution in [2.45, 2.75) is 19.4 Å². The smallest absolute Gasteiger partial charge is 0.163 e. The third-order valence-corrected chi connectivity index (χ3v) is 7.64. The lowest BCUT2D eigenvalue weighted by Gasteiger charge is -2.20. The van der Waals surface area contributed by atoms with E-state index in [1.807, 2.05) is 18.2 Å². The summed E-state index contributed by atoms with van der Waals surface area (Å²) in [5, 5.41) is 0.666. The maximum atomic E-state index is 6.93. The molecule has 1 fully saturated rings. The predicted molar refractivity (Wildman–Crippen MR) is 144 cm³/mol. The monoisotopic (exact) mass is 500 g/mol. The Labute approximate surface area is 215 Å². The molecule has 0 saturated carbocycles. The summed E-state index contributed by atoms with van der Waals surface area (Å²) in [6.45, 7) is 4.12. The zero-order valence-electron chi connectivity index (χ0n) is 20.3. The number of rotatable bonds is 6. The molecule has 0 bridgehead atoms. The third kappa shape index (κ3) is 4.17. The first-order valence-corrected chi connectivity index (χ1v) is 12.8. The number of nitrogens with zero attached hydrogens (tertiary/aromatic N) is 5. The van der Waals surface area contributed by atoms with Crippen molar-refractivity contribution in [2.24, 2.45) is 11.7 Å². The Morgan fingerprint density at radius 1 is 1.08 bits per heavy atom. The van der Waals surface area contributed by atoms with E-state index in [4.69, 9.17) is 22.1 Å². The molecule has 0 radical (unpaired) electrons. The standard InChI is InChI=1S/C28H29ClN6O/c1-34-10-8-18(15-34)16-36-25-7-3-5-22(26(25)29)20-4-2-6-24-21(20)9-11-35(24)28-27-23(32-17-33-28)12-19(13-30)14-31-27/h2-7,12,14,17-18H,8-11,13,15-16,30H2,1H3/t18-/m1/s1. The first-order valence-electron chi connectivity index (χ1n) is 12.4. The summed E-state index contributed by atoms with van der Waals surface area (Å²) < 4.78 is 6.20. The molecule has 4 heterocycles. The molecule has 0 spiro atoms. The summed E-state index contributed by atoms with van der Waals surface area (Å²) in [4.78, 5) is 18.3. The van der Waals surface area contributed by atoms with Crippen molar-refractivity contribution in [3.63, 3.8) is 0 Å². The lowest BCUT2D eigenvalue weighted by atomic mass is 9.97. The minimum Gasteiger partial charge on any atom is -0.492 e. The van der Waals surface area contributed by atoms with Crippen molar-refractivity contribution in [1.29, 1.82) is 0 Å². The van der Waals surface area contributed by atoms with Gasteiger partial charge in [0, 0.05) is 43.0 Å². The van der Waals surface area contributed by atoms with Crippen molar-refractivity contribution in [3.8, 4) is 16.9 Å². The molecule has 0 unspecified atom stereocenters. The average molecular weight is 501 g/mol. The second-order valence-corrected chi connectivity index (χ2v) is 10.0. The molecule has 7 nitrogen and oxygen atoms in total. The van der Waals surface area contributed by atoms with Gasteiger partial charge in [0.25, 0.3) is 0 Å². The fourth-order valence-corrected chi connectivity index (χ4v) is 5.67. The number of ether oxygens (including phenoxy) is 1. The minimum absolute atomic E-state index is 0.430. The largest absolute Gasteiger partial charge is 0.492 e. The van der Waals surface area contributed by atoms with Gasteiger partial charge in [-0.15, -0.1) is 0 Å². The molecule has 0 amide bonds. The van der Waals surface area contributed by atoms with Crippen LogP contribution < -0.4 is 15.4 Å². The number of nitrogens with two attached hydrogens (primary N) is 1. The van der Waals surface area contributed by atoms with Crippen molar-refractivity contribution >= 4 is 34.1 Å². The maximum Gasteiger partial charge on any atom is 0.163 e. The number of fused-ring (bicyclic) bond motifs is 2. The van der Waals surface area contributed by atoms with Crippen molar-refractivity contribution in [2.75, 3.05) is 38.2 Å². The van der Waals surface area contributed by atoms with Gasteiger partial charge in [0.2, 0.25) is 0 Å². The number of hydrogen-bond acceptors (Lipinski definition) is 7. The van der Waals surface area contributed by atoms with Gasteiger partial charge in [0.1, 0.15) is 17.6 Å². The Kier molecular flexibility index (Phi) is 6.21. The van der Waals surface area contributed by atoms with Crippen LogP contribution in [-0.4, -0.2) is 53.1 Å². The van der Waals surface area contributed by atoms with Crippen LogP contribution in [0, 0.1) is 5.92 Å². The van der Waals surface area contributed by atoms with Crippen LogP contribution in [0.5, 0.6) is 5.75 Å². The Morgan fingerprint density at radius 3 is 2.78 bits per heavy atom. The second kappa shape index (κ2) is 9.65. The highest BCUT2D eigenvalue weighted by molar-refractivity contribution is 6.35. The average Bonchev–Trinajstić information content (AvgIpc) is 3.53. The first-order chi connectivity index (χ1) is 17.6. The number of aromatic nitrogens is 3. The van der Waals surface area contributed by atoms with Crippen molar-refractivity contribution in [1.82, 2.24) is 19.9 Å². The highest BCUT2D eigenvalue weighted by Crippen LogP contribution is 2.44. The summed E-state index contributed by atoms with van der Waals surface area (Å²) in [6, 6.07) is 14.4. The Bertz CT molecular complexity index is 1430. The zero-order valence-corrected chi connectivity index (χ0v) is 21.1. The summed E-state index contributed by atoms with van der Waals surface area (Å²) >= 11 is 6.93. The van der Waals surface area contributed by atoms with Crippen LogP contribution in [0.1, 0.15) is 17.5 Å². The van der Waals surface area contributed by atoms with Gasteiger partial charge in [0.05, 0.1) is 17.1 Å². The molecule has 2 aromatic heterocycles. The van der Waals surface area contributed by atoms with Crippen LogP contribution >= 0.6 is 11.6 Å². The van der Waals surface area contributed by atoms with E-state index < -0.39 is 0 Å². The Morgan fingerprint density at radius 2 is 1.94 bits per heavy atom. The zero-order chi connectivity index (χ0) is 24.6. The molecular weight excluding hydrogens is 472 g/mol. The molecule has 2 aromatic carbocycles. The molecule has 2 aliphatic heterocycles. The quantitative estimate of drug-likeness (QED) is 0.406. The maximum absolute atomic E-state index is 6.93. The van der Waals surface area contributed by atoms with Gasteiger partial charge in [-0.1, -0.05) is 35.9 Å². The molecule has 6 rings (SSSR count). The highest BCUT2D eigenvalue weighted by atomic mass is 35.5. The number of likely N-dealkylation sites (tertiary alicyclic amines) is 1. The van der Waals surface area contributed by atoms with E-state index in [1.54, 1.807) is 12.5 Å². The van der Waals surface area contributed by atoms with E-state index in [-0.39, 0.29) is 0 Å². The van der Waals surface area contributed by atoms with E-state index >= 15 is 0 Å². The SMILES string of the molecule is CN1CC[C@@H](COc2cccc(-c3cccc4c3CCN4c3ncnc4cc(CN)cnc34)c2Cl)C1. The molecular formula is C28H29ClN6O. The fraction of sp³-hybridized carbons (Fsp3) is 0.321. The summed E-state index contributed by atoms with van der Waals surface area (Å²) in [5.74, 6) is 2.10. The normalized spacial score (nSPS) is 17.6. The highest BCUT2D eigenvalue weighted by Gasteiger charge is 2.27. The first kappa shape index (κ1) is 23.2. The van der Waals surface area contributed by atoms with E-state index in [2.05, 4.69) is 56.1 Å². The van der Waals surface area contributed by atoms with Crippen LogP contribution in [0.3, 0.4) is 0 Å². The minimum atomic E-state index is 0.430. The van der Waals surface area contributed by atoms with Crippen LogP contribution in [0.2, 0.25) is 5.02 Å². The summed E-state index contributed by atoms with van der Waals surface area (Å²) in [7, 11) is 2.16. The molecule has 1 saturated heterocycles. The molecule has 2 N–H and O–H groups in total. The number of pyridine rings is 1. The Hall–Kier alpha value is -3.26. The fourth-order valence-electron chi connectivity index (χ4n) is 5.39. The molecule has 1 atom stereocenters. The van der Waals surface area contributed by atoms with Gasteiger partial charge < -0.3 is 20.3 Å². The summed E-state index contributed by atoms with van der Waals surface area (Å²) in [6.07, 6.45) is 5.45. The van der Waals surface area contributed by atoms with Crippen LogP contribution in [-0.2, 0) is 13.0 Å². The lowest BCUT2D eigenvalue weighted by Crippen LogP contribution is -2.18. The molecule has 4 aromatic rings. The lowest BCUT2D eigenvalue weighted by molar-refractivity contribution is 0.249. The van der Waals surface area contributed by atoms with Gasteiger partial charge in [-0.3, -0.25) is 4.98 Å². The second-order valence-electron chi connectivity index (χ2n) is 9.66. The topological polar surface area (TPSA) is 80.4 Å². The van der Waals surface area contributed by atoms with Gasteiger partial charge >= 0.3 is 0 Å². The van der Waals surface area contributed by atoms with Crippen LogP contribution in [0.4, 0.5) is 11.5 Å². The predicted octanol–water partition coefficient (Wildman–Crippen LogP) is 4.83. The molecule has 2 aliphatic rings. The van der Waals surface area contributed by atoms with E-state index in [0.29, 0.717) is 24.1 Å². The van der Waals surface area contributed by atoms with Gasteiger partial charge in [-0.2, -0.15) is 0 Å². The van der Waals surface area contributed by atoms with Gasteiger partial charge in [-0.05, 0) is 61.3 Å². The van der Waals surface area contributed by atoms with E-state index in [1.165, 1.54) is 5.56 Å². The number of halogens is 1. The van der Waals surface area contributed by atoms with Crippen LogP contribution in [0.25, 0.3) is 22.2 Å². The number of hydrogen-bond donors (Lipinski definition) is 1. The molecule has 8 heteroatoms. The van der Waals surface area contributed by atoms with Crippen molar-refractivity contribution in [3.05, 3.63) is 71.1 Å². The van der Waals surface area contributed by atoms with E-state index in [0.717, 1.165) is 77.5 Å². The molecule has 184 valence electrons. The number of anilines is 2. The molecule has 0 aliphatic carbocycles. The summed E-state index contributed by atoms with van der Waals surface area (Å²) in [5.41, 5.74) is 12.8. The van der Waals surface area contributed by atoms with E-state index in [9.17, 15) is 0 Å². The van der Waals surface area contributed by atoms with Crippen LogP contribution in [0.15, 0.2) is 55.0 Å². The third-order valence-electron chi connectivity index (χ3n) is 7.25. The number of benzene rings is 2. The Balaban J connectivity index is 1.33.